The highest BCUT2D eigenvalue weighted by Crippen LogP contribution is 2.41. The van der Waals surface area contributed by atoms with Crippen LogP contribution in [0.1, 0.15) is 36.8 Å². The molecule has 2 unspecified atom stereocenters. The van der Waals surface area contributed by atoms with Crippen molar-refractivity contribution in [2.75, 3.05) is 0 Å². The van der Waals surface area contributed by atoms with E-state index in [0.717, 1.165) is 33.6 Å². The number of rotatable bonds is 3. The summed E-state index contributed by atoms with van der Waals surface area (Å²) in [6, 6.07) is 18.9. The van der Waals surface area contributed by atoms with Crippen LogP contribution >= 0.6 is 11.8 Å². The Bertz CT molecular complexity index is 797. The summed E-state index contributed by atoms with van der Waals surface area (Å²) in [4.78, 5) is 0. The van der Waals surface area contributed by atoms with Gasteiger partial charge < -0.3 is 0 Å². The molecule has 120 valence electrons. The molecule has 1 nitrogen and oxygen atoms in total. The van der Waals surface area contributed by atoms with Crippen LogP contribution in [0, 0.1) is 11.3 Å². The monoisotopic (exact) mass is 331 g/mol. The van der Waals surface area contributed by atoms with Crippen molar-refractivity contribution < 1.29 is 0 Å². The third kappa shape index (κ3) is 3.28. The van der Waals surface area contributed by atoms with E-state index in [2.05, 4.69) is 48.2 Å². The molecule has 1 saturated heterocycles. The number of nitriles is 1. The van der Waals surface area contributed by atoms with E-state index in [1.54, 1.807) is 5.57 Å². The Kier molecular flexibility index (Phi) is 4.45. The highest BCUT2D eigenvalue weighted by atomic mass is 32.2. The largest absolute Gasteiger partial charge is 0.192 e. The van der Waals surface area contributed by atoms with E-state index in [-0.39, 0.29) is 0 Å². The fraction of sp³-hybridized carbons (Fsp3) is 0.318. The van der Waals surface area contributed by atoms with E-state index >= 15 is 0 Å². The van der Waals surface area contributed by atoms with Crippen molar-refractivity contribution in [1.82, 2.24) is 0 Å². The first-order chi connectivity index (χ1) is 11.8. The van der Waals surface area contributed by atoms with Gasteiger partial charge in [-0.25, -0.2) is 0 Å². The normalized spacial score (nSPS) is 22.5. The molecular formula is C22H21NS. The summed E-state index contributed by atoms with van der Waals surface area (Å²) in [5, 5.41) is 10.9. The third-order valence-corrected chi connectivity index (χ3v) is 6.55. The van der Waals surface area contributed by atoms with Crippen LogP contribution in [-0.4, -0.2) is 10.5 Å². The highest BCUT2D eigenvalue weighted by molar-refractivity contribution is 8.00. The van der Waals surface area contributed by atoms with Crippen molar-refractivity contribution in [3.8, 4) is 17.2 Å². The van der Waals surface area contributed by atoms with E-state index in [1.807, 2.05) is 24.3 Å². The van der Waals surface area contributed by atoms with Crippen LogP contribution in [-0.2, 0) is 6.42 Å². The van der Waals surface area contributed by atoms with Gasteiger partial charge in [0.15, 0.2) is 0 Å². The molecule has 4 rings (SSSR count). The number of allylic oxidation sites excluding steroid dienone is 1. The Morgan fingerprint density at radius 3 is 2.67 bits per heavy atom. The summed E-state index contributed by atoms with van der Waals surface area (Å²) in [5.74, 6) is 0. The highest BCUT2D eigenvalue weighted by Gasteiger charge is 2.26. The Morgan fingerprint density at radius 2 is 1.88 bits per heavy atom. The van der Waals surface area contributed by atoms with E-state index in [4.69, 9.17) is 0 Å². The number of fused-ring (bicyclic) bond motifs is 2. The van der Waals surface area contributed by atoms with Crippen molar-refractivity contribution in [2.24, 2.45) is 0 Å². The number of hydrogen-bond acceptors (Lipinski definition) is 2. The predicted molar refractivity (Wildman–Crippen MR) is 102 cm³/mol. The van der Waals surface area contributed by atoms with Gasteiger partial charge in [0.2, 0.25) is 0 Å². The van der Waals surface area contributed by atoms with Gasteiger partial charge in [-0.3, -0.25) is 0 Å². The third-order valence-electron chi connectivity index (χ3n) is 5.04. The van der Waals surface area contributed by atoms with Gasteiger partial charge in [-0.1, -0.05) is 60.5 Å². The summed E-state index contributed by atoms with van der Waals surface area (Å²) in [6.07, 6.45) is 9.02. The second-order valence-electron chi connectivity index (χ2n) is 6.79. The second-order valence-corrected chi connectivity index (χ2v) is 8.33. The van der Waals surface area contributed by atoms with E-state index < -0.39 is 0 Å². The van der Waals surface area contributed by atoms with Gasteiger partial charge in [-0.05, 0) is 48.4 Å². The van der Waals surface area contributed by atoms with E-state index in [9.17, 15) is 5.26 Å². The molecule has 2 atom stereocenters. The molecule has 2 heterocycles. The molecule has 0 N–H and O–H groups in total. The van der Waals surface area contributed by atoms with Gasteiger partial charge >= 0.3 is 0 Å². The molecule has 2 bridgehead atoms. The topological polar surface area (TPSA) is 23.8 Å². The molecule has 2 aromatic rings. The Labute approximate surface area is 148 Å². The van der Waals surface area contributed by atoms with Crippen molar-refractivity contribution >= 4 is 11.8 Å². The fourth-order valence-corrected chi connectivity index (χ4v) is 5.54. The minimum Gasteiger partial charge on any atom is -0.192 e. The molecule has 0 aromatic heterocycles. The fourth-order valence-electron chi connectivity index (χ4n) is 3.85. The van der Waals surface area contributed by atoms with Gasteiger partial charge in [-0.15, -0.1) is 0 Å². The lowest BCUT2D eigenvalue weighted by Crippen LogP contribution is -2.22. The molecule has 2 heteroatoms. The molecule has 2 aliphatic rings. The van der Waals surface area contributed by atoms with Crippen molar-refractivity contribution in [3.63, 3.8) is 0 Å². The number of nitrogens with zero attached hydrogens (tertiary/aromatic N) is 1. The summed E-state index contributed by atoms with van der Waals surface area (Å²) >= 11 is 2.18. The van der Waals surface area contributed by atoms with Crippen LogP contribution in [0.5, 0.6) is 0 Å². The second kappa shape index (κ2) is 6.87. The number of benzene rings is 2. The van der Waals surface area contributed by atoms with Crippen LogP contribution in [0.3, 0.4) is 0 Å². The molecule has 0 radical (unpaired) electrons. The van der Waals surface area contributed by atoms with Crippen molar-refractivity contribution in [2.45, 2.75) is 42.6 Å². The molecule has 0 spiro atoms. The molecule has 0 saturated carbocycles. The summed E-state index contributed by atoms with van der Waals surface area (Å²) in [6.45, 7) is 0. The van der Waals surface area contributed by atoms with Crippen LogP contribution in [0.2, 0.25) is 0 Å². The zero-order valence-corrected chi connectivity index (χ0v) is 14.6. The van der Waals surface area contributed by atoms with E-state index in [1.165, 1.54) is 31.2 Å². The summed E-state index contributed by atoms with van der Waals surface area (Å²) in [7, 11) is 0. The maximum absolute atomic E-state index is 9.27. The molecule has 0 aliphatic carbocycles. The first-order valence-electron chi connectivity index (χ1n) is 8.75. The maximum Gasteiger partial charge on any atom is 0.0998 e. The standard InChI is InChI=1S/C22H21NS/c23-15-19-4-1-2-7-22(19)18-10-8-16(9-11-18)12-17-13-20-5-3-6-21(14-17)24-20/h1-2,4,7-11,13,20-21H,3,5-6,12,14H2. The SMILES string of the molecule is N#Cc1ccccc1-c1ccc(CC2=CC3CCCC(C2)S3)cc1. The average molecular weight is 331 g/mol. The molecular weight excluding hydrogens is 310 g/mol. The summed E-state index contributed by atoms with van der Waals surface area (Å²) < 4.78 is 0. The smallest absolute Gasteiger partial charge is 0.0998 e. The molecule has 1 fully saturated rings. The first-order valence-corrected chi connectivity index (χ1v) is 9.69. The zero-order chi connectivity index (χ0) is 16.4. The average Bonchev–Trinajstić information content (AvgIpc) is 2.62. The van der Waals surface area contributed by atoms with Gasteiger partial charge in [0.25, 0.3) is 0 Å². The minimum atomic E-state index is 0.741. The summed E-state index contributed by atoms with van der Waals surface area (Å²) in [5.41, 5.74) is 5.89. The molecule has 2 aliphatic heterocycles. The lowest BCUT2D eigenvalue weighted by Gasteiger charge is -2.33. The molecule has 2 aromatic carbocycles. The Morgan fingerprint density at radius 1 is 1.04 bits per heavy atom. The Balaban J connectivity index is 1.52. The maximum atomic E-state index is 9.27. The van der Waals surface area contributed by atoms with Crippen LogP contribution in [0.15, 0.2) is 60.2 Å². The Hall–Kier alpha value is -1.98. The van der Waals surface area contributed by atoms with Crippen LogP contribution in [0.4, 0.5) is 0 Å². The van der Waals surface area contributed by atoms with Crippen molar-refractivity contribution in [1.29, 1.82) is 5.26 Å². The van der Waals surface area contributed by atoms with Gasteiger partial charge in [0, 0.05) is 10.5 Å². The predicted octanol–water partition coefficient (Wildman–Crippen LogP) is 5.75. The lowest BCUT2D eigenvalue weighted by molar-refractivity contribution is 0.607. The number of thioether (sulfide) groups is 1. The van der Waals surface area contributed by atoms with Gasteiger partial charge in [0.05, 0.1) is 11.6 Å². The molecule has 0 amide bonds. The number of hydrogen-bond donors (Lipinski definition) is 0. The van der Waals surface area contributed by atoms with Gasteiger partial charge in [0.1, 0.15) is 0 Å². The van der Waals surface area contributed by atoms with Gasteiger partial charge in [-0.2, -0.15) is 17.0 Å². The quantitative estimate of drug-likeness (QED) is 0.668. The van der Waals surface area contributed by atoms with Crippen LogP contribution in [0.25, 0.3) is 11.1 Å². The van der Waals surface area contributed by atoms with Crippen molar-refractivity contribution in [3.05, 3.63) is 71.3 Å². The minimum absolute atomic E-state index is 0.741. The lowest BCUT2D eigenvalue weighted by atomic mass is 9.92. The zero-order valence-electron chi connectivity index (χ0n) is 13.7. The first kappa shape index (κ1) is 15.5. The van der Waals surface area contributed by atoms with Crippen LogP contribution < -0.4 is 0 Å². The van der Waals surface area contributed by atoms with E-state index in [0.29, 0.717) is 0 Å². The molecule has 24 heavy (non-hydrogen) atoms.